The lowest BCUT2D eigenvalue weighted by Crippen LogP contribution is -2.14. The van der Waals surface area contributed by atoms with Crippen LogP contribution in [0.15, 0.2) is 76.0 Å². The third kappa shape index (κ3) is 3.16. The first-order valence-electron chi connectivity index (χ1n) is 8.84. The topological polar surface area (TPSA) is 73.6 Å². The van der Waals surface area contributed by atoms with Crippen LogP contribution in [0.1, 0.15) is 24.2 Å². The van der Waals surface area contributed by atoms with Gasteiger partial charge in [-0.2, -0.15) is 0 Å². The Balaban J connectivity index is 1.60. The summed E-state index contributed by atoms with van der Waals surface area (Å²) in [6.45, 7) is 3.24. The van der Waals surface area contributed by atoms with Crippen molar-refractivity contribution in [2.75, 3.05) is 0 Å². The fourth-order valence-corrected chi connectivity index (χ4v) is 4.05. The van der Waals surface area contributed by atoms with Crippen LogP contribution in [0.2, 0.25) is 0 Å². The number of carbonyl (C=O) groups excluding carboxylic acids is 1. The lowest BCUT2D eigenvalue weighted by Gasteiger charge is -2.08. The summed E-state index contributed by atoms with van der Waals surface area (Å²) in [5.41, 5.74) is 1.76. The van der Waals surface area contributed by atoms with Crippen molar-refractivity contribution < 1.29 is 22.4 Å². The number of sulfone groups is 1. The molecule has 4 aromatic rings. The van der Waals surface area contributed by atoms with Crippen molar-refractivity contribution in [3.05, 3.63) is 72.3 Å². The highest BCUT2D eigenvalue weighted by atomic mass is 32.2. The van der Waals surface area contributed by atoms with E-state index in [-0.39, 0.29) is 10.5 Å². The Morgan fingerprint density at radius 2 is 1.57 bits per heavy atom. The van der Waals surface area contributed by atoms with E-state index in [1.54, 1.807) is 32.0 Å². The highest BCUT2D eigenvalue weighted by Gasteiger charge is 2.20. The molecule has 1 heterocycles. The van der Waals surface area contributed by atoms with Crippen molar-refractivity contribution in [3.8, 4) is 5.75 Å². The third-order valence-corrected chi connectivity index (χ3v) is 6.77. The van der Waals surface area contributed by atoms with Crippen LogP contribution in [0.5, 0.6) is 5.75 Å². The minimum Gasteiger partial charge on any atom is -0.456 e. The summed E-state index contributed by atoms with van der Waals surface area (Å²) in [7, 11) is -3.38. The van der Waals surface area contributed by atoms with Crippen LogP contribution < -0.4 is 4.74 Å². The van der Waals surface area contributed by atoms with Crippen molar-refractivity contribution in [2.24, 2.45) is 0 Å². The van der Waals surface area contributed by atoms with E-state index in [2.05, 4.69) is 0 Å². The Bertz CT molecular complexity index is 1280. The first-order valence-corrected chi connectivity index (χ1v) is 10.4. The third-order valence-electron chi connectivity index (χ3n) is 4.60. The summed E-state index contributed by atoms with van der Waals surface area (Å²) in [4.78, 5) is 12.6. The SMILES string of the molecule is CC(C)S(=O)(=O)c1ccc(C(=O)Oc2ccc3oc4ccccc4c3c2)cc1. The molecule has 0 amide bonds. The predicted octanol–water partition coefficient (Wildman–Crippen LogP) is 4.99. The van der Waals surface area contributed by atoms with Crippen LogP contribution >= 0.6 is 0 Å². The number of carbonyl (C=O) groups is 1. The van der Waals surface area contributed by atoms with Gasteiger partial charge in [0.15, 0.2) is 9.84 Å². The zero-order chi connectivity index (χ0) is 19.9. The molecule has 0 fully saturated rings. The number of furan rings is 1. The van der Waals surface area contributed by atoms with Gasteiger partial charge in [-0.05, 0) is 62.4 Å². The van der Waals surface area contributed by atoms with Gasteiger partial charge in [-0.25, -0.2) is 13.2 Å². The molecule has 0 atom stereocenters. The number of hydrogen-bond donors (Lipinski definition) is 0. The van der Waals surface area contributed by atoms with Crippen LogP contribution in [-0.2, 0) is 9.84 Å². The van der Waals surface area contributed by atoms with Crippen molar-refractivity contribution in [3.63, 3.8) is 0 Å². The van der Waals surface area contributed by atoms with Gasteiger partial charge in [-0.1, -0.05) is 18.2 Å². The number of fused-ring (bicyclic) bond motifs is 3. The summed E-state index contributed by atoms with van der Waals surface area (Å²) in [5, 5.41) is 1.28. The first-order chi connectivity index (χ1) is 13.4. The molecule has 5 nitrogen and oxygen atoms in total. The van der Waals surface area contributed by atoms with Gasteiger partial charge in [-0.3, -0.25) is 0 Å². The number of rotatable bonds is 4. The van der Waals surface area contributed by atoms with Gasteiger partial charge in [-0.15, -0.1) is 0 Å². The number of benzene rings is 3. The van der Waals surface area contributed by atoms with E-state index in [1.807, 2.05) is 24.3 Å². The van der Waals surface area contributed by atoms with Crippen LogP contribution in [0.25, 0.3) is 21.9 Å². The van der Waals surface area contributed by atoms with Gasteiger partial charge in [0.2, 0.25) is 0 Å². The predicted molar refractivity (Wildman–Crippen MR) is 107 cm³/mol. The number of ether oxygens (including phenoxy) is 1. The highest BCUT2D eigenvalue weighted by molar-refractivity contribution is 7.92. The van der Waals surface area contributed by atoms with E-state index in [9.17, 15) is 13.2 Å². The molecule has 0 radical (unpaired) electrons. The van der Waals surface area contributed by atoms with E-state index in [0.29, 0.717) is 11.3 Å². The lowest BCUT2D eigenvalue weighted by molar-refractivity contribution is 0.0735. The van der Waals surface area contributed by atoms with Gasteiger partial charge in [0, 0.05) is 10.8 Å². The molecule has 0 N–H and O–H groups in total. The minimum atomic E-state index is -3.38. The maximum absolute atomic E-state index is 12.5. The maximum Gasteiger partial charge on any atom is 0.343 e. The molecule has 0 spiro atoms. The zero-order valence-electron chi connectivity index (χ0n) is 15.4. The van der Waals surface area contributed by atoms with Crippen molar-refractivity contribution >= 4 is 37.7 Å². The average molecular weight is 394 g/mol. The van der Waals surface area contributed by atoms with Gasteiger partial charge < -0.3 is 9.15 Å². The summed E-state index contributed by atoms with van der Waals surface area (Å²) in [5.74, 6) is -0.163. The molecule has 0 aliphatic heterocycles. The molecule has 1 aromatic heterocycles. The van der Waals surface area contributed by atoms with Gasteiger partial charge in [0.05, 0.1) is 15.7 Å². The smallest absolute Gasteiger partial charge is 0.343 e. The monoisotopic (exact) mass is 394 g/mol. The van der Waals surface area contributed by atoms with Crippen molar-refractivity contribution in [2.45, 2.75) is 24.0 Å². The molecule has 28 heavy (non-hydrogen) atoms. The van der Waals surface area contributed by atoms with Crippen LogP contribution in [0.4, 0.5) is 0 Å². The first kappa shape index (κ1) is 18.3. The fourth-order valence-electron chi connectivity index (χ4n) is 2.99. The Morgan fingerprint density at radius 3 is 2.29 bits per heavy atom. The van der Waals surface area contributed by atoms with Crippen molar-refractivity contribution in [1.82, 2.24) is 0 Å². The molecule has 3 aromatic carbocycles. The van der Waals surface area contributed by atoms with E-state index < -0.39 is 21.1 Å². The maximum atomic E-state index is 12.5. The molecule has 0 saturated carbocycles. The number of esters is 1. The van der Waals surface area contributed by atoms with E-state index in [4.69, 9.17) is 9.15 Å². The fraction of sp³-hybridized carbons (Fsp3) is 0.136. The van der Waals surface area contributed by atoms with E-state index in [1.165, 1.54) is 24.3 Å². The highest BCUT2D eigenvalue weighted by Crippen LogP contribution is 2.31. The Kier molecular flexibility index (Phi) is 4.43. The Morgan fingerprint density at radius 1 is 0.893 bits per heavy atom. The quantitative estimate of drug-likeness (QED) is 0.360. The minimum absolute atomic E-state index is 0.185. The van der Waals surface area contributed by atoms with E-state index >= 15 is 0 Å². The Hall–Kier alpha value is -3.12. The van der Waals surface area contributed by atoms with Crippen LogP contribution in [-0.4, -0.2) is 19.6 Å². The molecule has 0 saturated heterocycles. The van der Waals surface area contributed by atoms with Crippen LogP contribution in [0.3, 0.4) is 0 Å². The second-order valence-electron chi connectivity index (χ2n) is 6.76. The standard InChI is InChI=1S/C22H18O5S/c1-14(2)28(24,25)17-10-7-15(8-11-17)22(23)26-16-9-12-21-19(13-16)18-5-3-4-6-20(18)27-21/h3-14H,1-2H3. The summed E-state index contributed by atoms with van der Waals surface area (Å²) in [6, 6.07) is 18.6. The van der Waals surface area contributed by atoms with Gasteiger partial charge >= 0.3 is 5.97 Å². The number of hydrogen-bond acceptors (Lipinski definition) is 5. The molecule has 0 aliphatic carbocycles. The van der Waals surface area contributed by atoms with Crippen LogP contribution in [0, 0.1) is 0 Å². The second-order valence-corrected chi connectivity index (χ2v) is 9.27. The molecule has 0 bridgehead atoms. The molecule has 0 unspecified atom stereocenters. The summed E-state index contributed by atoms with van der Waals surface area (Å²) >= 11 is 0. The lowest BCUT2D eigenvalue weighted by atomic mass is 10.1. The number of para-hydroxylation sites is 1. The molecule has 6 heteroatoms. The second kappa shape index (κ2) is 6.80. The van der Waals surface area contributed by atoms with Gasteiger partial charge in [0.25, 0.3) is 0 Å². The molecule has 0 aliphatic rings. The van der Waals surface area contributed by atoms with Crippen molar-refractivity contribution in [1.29, 1.82) is 0 Å². The largest absolute Gasteiger partial charge is 0.456 e. The molecule has 142 valence electrons. The van der Waals surface area contributed by atoms with Gasteiger partial charge in [0.1, 0.15) is 16.9 Å². The van der Waals surface area contributed by atoms with E-state index in [0.717, 1.165) is 16.4 Å². The molecule has 4 rings (SSSR count). The summed E-state index contributed by atoms with van der Waals surface area (Å²) < 4.78 is 35.6. The summed E-state index contributed by atoms with van der Waals surface area (Å²) in [6.07, 6.45) is 0. The zero-order valence-corrected chi connectivity index (χ0v) is 16.2. The Labute approximate surface area is 162 Å². The normalized spacial score (nSPS) is 12.0. The molecular formula is C22H18O5S. The average Bonchev–Trinajstić information content (AvgIpc) is 3.06. The molecular weight excluding hydrogens is 376 g/mol.